The minimum atomic E-state index is -0.189. The Balaban J connectivity index is 2.13. The number of rotatable bonds is 4. The molecule has 0 bridgehead atoms. The number of nitrogen functional groups attached to an aromatic ring is 1. The highest BCUT2D eigenvalue weighted by Crippen LogP contribution is 2.29. The lowest BCUT2D eigenvalue weighted by Gasteiger charge is -2.26. The molecular formula is C11H19N5O2S. The van der Waals surface area contributed by atoms with E-state index in [1.165, 1.54) is 16.2 Å². The fraction of sp³-hybridized carbons (Fsp3) is 0.636. The molecule has 8 heteroatoms. The molecule has 7 nitrogen and oxygen atoms in total. The maximum Gasteiger partial charge on any atom is 0.267 e. The second-order valence-electron chi connectivity index (χ2n) is 4.40. The highest BCUT2D eigenvalue weighted by Gasteiger charge is 2.22. The maximum atomic E-state index is 12.1. The topological polar surface area (TPSA) is 94.7 Å². The van der Waals surface area contributed by atoms with E-state index in [1.807, 2.05) is 0 Å². The molecule has 1 aliphatic rings. The molecule has 19 heavy (non-hydrogen) atoms. The van der Waals surface area contributed by atoms with Gasteiger partial charge in [0.05, 0.1) is 6.61 Å². The van der Waals surface area contributed by atoms with Gasteiger partial charge in [-0.1, -0.05) is 11.3 Å². The number of aliphatic hydroxyl groups is 1. The molecule has 0 unspecified atom stereocenters. The molecule has 0 atom stereocenters. The number of hydrogen-bond donors (Lipinski definition) is 3. The molecule has 0 saturated carbocycles. The number of anilines is 2. The number of nitrogens with two attached hydrogens (primary N) is 1. The van der Waals surface area contributed by atoms with Crippen LogP contribution >= 0.6 is 11.3 Å². The lowest BCUT2D eigenvalue weighted by molar-refractivity contribution is 0.0772. The standard InChI is InChI=1S/C11H19N5O2S/c1-15(6-7-17)10(18)8-9(12)14-11(19-8)16-4-2-13-3-5-16/h13,17H,2-7,12H2,1H3. The highest BCUT2D eigenvalue weighted by atomic mass is 32.1. The SMILES string of the molecule is CN(CCO)C(=O)c1sc(N2CCNCC2)nc1N. The molecular weight excluding hydrogens is 266 g/mol. The number of hydrogen-bond acceptors (Lipinski definition) is 7. The minimum Gasteiger partial charge on any atom is -0.395 e. The van der Waals surface area contributed by atoms with Crippen LogP contribution in [-0.2, 0) is 0 Å². The Morgan fingerprint density at radius 1 is 1.58 bits per heavy atom. The lowest BCUT2D eigenvalue weighted by atomic mass is 10.4. The predicted molar refractivity (Wildman–Crippen MR) is 75.7 cm³/mol. The predicted octanol–water partition coefficient (Wildman–Crippen LogP) is -0.801. The maximum absolute atomic E-state index is 12.1. The first-order valence-corrected chi connectivity index (χ1v) is 7.03. The summed E-state index contributed by atoms with van der Waals surface area (Å²) in [6.07, 6.45) is 0. The summed E-state index contributed by atoms with van der Waals surface area (Å²) in [5.41, 5.74) is 5.83. The van der Waals surface area contributed by atoms with E-state index in [0.29, 0.717) is 11.4 Å². The number of piperazine rings is 1. The molecule has 1 saturated heterocycles. The van der Waals surface area contributed by atoms with Crippen LogP contribution < -0.4 is 16.0 Å². The molecule has 1 aliphatic heterocycles. The quantitative estimate of drug-likeness (QED) is 0.670. The fourth-order valence-corrected chi connectivity index (χ4v) is 2.92. The zero-order chi connectivity index (χ0) is 13.8. The summed E-state index contributed by atoms with van der Waals surface area (Å²) in [7, 11) is 1.64. The third-order valence-corrected chi connectivity index (χ3v) is 4.13. The summed E-state index contributed by atoms with van der Waals surface area (Å²) in [6, 6.07) is 0. The van der Waals surface area contributed by atoms with Gasteiger partial charge in [0.1, 0.15) is 10.7 Å². The molecule has 1 aromatic heterocycles. The van der Waals surface area contributed by atoms with Crippen LogP contribution in [0.25, 0.3) is 0 Å². The molecule has 1 amide bonds. The molecule has 4 N–H and O–H groups in total. The number of nitrogens with zero attached hydrogens (tertiary/aromatic N) is 3. The average molecular weight is 285 g/mol. The number of nitrogens with one attached hydrogen (secondary N) is 1. The van der Waals surface area contributed by atoms with Crippen LogP contribution in [-0.4, -0.2) is 67.3 Å². The molecule has 2 heterocycles. The highest BCUT2D eigenvalue weighted by molar-refractivity contribution is 7.18. The summed E-state index contributed by atoms with van der Waals surface area (Å²) in [6.45, 7) is 3.78. The molecule has 106 valence electrons. The van der Waals surface area contributed by atoms with Gasteiger partial charge in [-0.2, -0.15) is 0 Å². The van der Waals surface area contributed by atoms with Gasteiger partial charge in [-0.15, -0.1) is 0 Å². The van der Waals surface area contributed by atoms with Crippen molar-refractivity contribution in [3.8, 4) is 0 Å². The number of likely N-dealkylation sites (N-methyl/N-ethyl adjacent to an activating group) is 1. The Kier molecular flexibility index (Phi) is 4.56. The van der Waals surface area contributed by atoms with Crippen molar-refractivity contribution in [3.05, 3.63) is 4.88 Å². The minimum absolute atomic E-state index is 0.0639. The Morgan fingerprint density at radius 3 is 2.89 bits per heavy atom. The van der Waals surface area contributed by atoms with Gasteiger partial charge in [0.15, 0.2) is 5.13 Å². The summed E-state index contributed by atoms with van der Waals surface area (Å²) in [5, 5.41) is 12.9. The van der Waals surface area contributed by atoms with Crippen molar-refractivity contribution in [2.24, 2.45) is 0 Å². The van der Waals surface area contributed by atoms with Crippen molar-refractivity contribution in [1.82, 2.24) is 15.2 Å². The number of aliphatic hydroxyl groups excluding tert-OH is 1. The third kappa shape index (κ3) is 3.14. The second kappa shape index (κ2) is 6.18. The summed E-state index contributed by atoms with van der Waals surface area (Å²) in [4.78, 5) is 20.4. The Bertz CT molecular complexity index is 444. The summed E-state index contributed by atoms with van der Waals surface area (Å²) in [5.74, 6) is 0.0822. The van der Waals surface area contributed by atoms with Gasteiger partial charge in [0.2, 0.25) is 0 Å². The fourth-order valence-electron chi connectivity index (χ4n) is 1.89. The second-order valence-corrected chi connectivity index (χ2v) is 5.38. The van der Waals surface area contributed by atoms with Crippen LogP contribution in [0.3, 0.4) is 0 Å². The van der Waals surface area contributed by atoms with Crippen molar-refractivity contribution >= 4 is 28.2 Å². The zero-order valence-electron chi connectivity index (χ0n) is 10.9. The van der Waals surface area contributed by atoms with Crippen LogP contribution in [0.5, 0.6) is 0 Å². The number of carbonyl (C=O) groups is 1. The van der Waals surface area contributed by atoms with Gasteiger partial charge in [0.25, 0.3) is 5.91 Å². The van der Waals surface area contributed by atoms with Crippen LogP contribution in [0.15, 0.2) is 0 Å². The molecule has 0 aromatic carbocycles. The number of carbonyl (C=O) groups excluding carboxylic acids is 1. The lowest BCUT2D eigenvalue weighted by Crippen LogP contribution is -2.43. The van der Waals surface area contributed by atoms with Crippen molar-refractivity contribution in [3.63, 3.8) is 0 Å². The van der Waals surface area contributed by atoms with E-state index >= 15 is 0 Å². The van der Waals surface area contributed by atoms with E-state index in [9.17, 15) is 4.79 Å². The number of aromatic nitrogens is 1. The zero-order valence-corrected chi connectivity index (χ0v) is 11.7. The molecule has 0 radical (unpaired) electrons. The monoisotopic (exact) mass is 285 g/mol. The number of amides is 1. The first kappa shape index (κ1) is 14.0. The Hall–Kier alpha value is -1.38. The Labute approximate surface area is 116 Å². The largest absolute Gasteiger partial charge is 0.395 e. The third-order valence-electron chi connectivity index (χ3n) is 3.01. The molecule has 2 rings (SSSR count). The normalized spacial score (nSPS) is 15.6. The first-order chi connectivity index (χ1) is 9.13. The van der Waals surface area contributed by atoms with Crippen molar-refractivity contribution in [2.75, 3.05) is 57.0 Å². The van der Waals surface area contributed by atoms with Crippen LogP contribution in [0.1, 0.15) is 9.67 Å². The average Bonchev–Trinajstić information content (AvgIpc) is 2.81. The molecule has 0 aliphatic carbocycles. The molecule has 0 spiro atoms. The van der Waals surface area contributed by atoms with Gasteiger partial charge in [-0.3, -0.25) is 4.79 Å². The van der Waals surface area contributed by atoms with Crippen LogP contribution in [0, 0.1) is 0 Å². The van der Waals surface area contributed by atoms with Crippen molar-refractivity contribution < 1.29 is 9.90 Å². The number of thiazole rings is 1. The summed E-state index contributed by atoms with van der Waals surface area (Å²) < 4.78 is 0. The first-order valence-electron chi connectivity index (χ1n) is 6.21. The van der Waals surface area contributed by atoms with Crippen LogP contribution in [0.2, 0.25) is 0 Å². The van der Waals surface area contributed by atoms with Gasteiger partial charge in [-0.05, 0) is 0 Å². The molecule has 1 aromatic rings. The van der Waals surface area contributed by atoms with E-state index in [4.69, 9.17) is 10.8 Å². The van der Waals surface area contributed by atoms with E-state index in [1.54, 1.807) is 7.05 Å². The smallest absolute Gasteiger partial charge is 0.267 e. The van der Waals surface area contributed by atoms with Gasteiger partial charge in [0, 0.05) is 39.8 Å². The van der Waals surface area contributed by atoms with E-state index in [-0.39, 0.29) is 18.3 Å². The van der Waals surface area contributed by atoms with Gasteiger partial charge < -0.3 is 26.0 Å². The van der Waals surface area contributed by atoms with Crippen molar-refractivity contribution in [1.29, 1.82) is 0 Å². The van der Waals surface area contributed by atoms with E-state index < -0.39 is 0 Å². The van der Waals surface area contributed by atoms with E-state index in [0.717, 1.165) is 31.3 Å². The Morgan fingerprint density at radius 2 is 2.26 bits per heavy atom. The molecule has 1 fully saturated rings. The summed E-state index contributed by atoms with van der Waals surface area (Å²) >= 11 is 1.32. The van der Waals surface area contributed by atoms with Gasteiger partial charge >= 0.3 is 0 Å². The van der Waals surface area contributed by atoms with Crippen molar-refractivity contribution in [2.45, 2.75) is 0 Å². The van der Waals surface area contributed by atoms with Crippen LogP contribution in [0.4, 0.5) is 10.9 Å². The van der Waals surface area contributed by atoms with Gasteiger partial charge in [-0.25, -0.2) is 4.98 Å². The van der Waals surface area contributed by atoms with E-state index in [2.05, 4.69) is 15.2 Å².